The minimum atomic E-state index is -1.23. The third-order valence-corrected chi connectivity index (χ3v) is 7.97. The Morgan fingerprint density at radius 1 is 0.925 bits per heavy atom. The van der Waals surface area contributed by atoms with Gasteiger partial charge in [-0.2, -0.15) is 0 Å². The molecule has 40 heavy (non-hydrogen) atoms. The Kier molecular flexibility index (Phi) is 8.43. The van der Waals surface area contributed by atoms with Gasteiger partial charge in [-0.3, -0.25) is 4.98 Å². The summed E-state index contributed by atoms with van der Waals surface area (Å²) in [5.41, 5.74) is 3.81. The van der Waals surface area contributed by atoms with E-state index in [1.54, 1.807) is 12.3 Å². The Morgan fingerprint density at radius 3 is 2.52 bits per heavy atom. The number of benzene rings is 2. The lowest BCUT2D eigenvalue weighted by Crippen LogP contribution is -2.31. The smallest absolute Gasteiger partial charge is 0.341 e. The summed E-state index contributed by atoms with van der Waals surface area (Å²) in [4.78, 5) is 20.6. The highest BCUT2D eigenvalue weighted by atomic mass is 16.6. The number of carbonyl (C=O) groups excluding carboxylic acids is 1. The molecule has 1 aliphatic rings. The SMILES string of the molecule is CCCCCCOc1cc(N(CC)CC)ccc1C1(c2cn(CCC)c3ccccc23)OC(=O)c2cccnc21. The zero-order chi connectivity index (χ0) is 28.1. The van der Waals surface area contributed by atoms with Crippen LogP contribution in [0, 0.1) is 0 Å². The van der Waals surface area contributed by atoms with Gasteiger partial charge in [0.25, 0.3) is 0 Å². The van der Waals surface area contributed by atoms with E-state index in [0.29, 0.717) is 17.9 Å². The number of rotatable bonds is 13. The average molecular weight is 540 g/mol. The van der Waals surface area contributed by atoms with Crippen molar-refractivity contribution in [2.75, 3.05) is 24.6 Å². The molecule has 0 spiro atoms. The van der Waals surface area contributed by atoms with Gasteiger partial charge in [0.2, 0.25) is 5.60 Å². The lowest BCUT2D eigenvalue weighted by Gasteiger charge is -2.31. The number of esters is 1. The molecule has 0 fully saturated rings. The number of hydrogen-bond acceptors (Lipinski definition) is 5. The number of anilines is 1. The van der Waals surface area contributed by atoms with Crippen LogP contribution in [0.3, 0.4) is 0 Å². The summed E-state index contributed by atoms with van der Waals surface area (Å²) >= 11 is 0. The Balaban J connectivity index is 1.76. The van der Waals surface area contributed by atoms with Gasteiger partial charge in [0.15, 0.2) is 0 Å². The summed E-state index contributed by atoms with van der Waals surface area (Å²) in [5, 5.41) is 1.05. The lowest BCUT2D eigenvalue weighted by atomic mass is 9.82. The molecule has 6 heteroatoms. The summed E-state index contributed by atoms with van der Waals surface area (Å²) in [5.74, 6) is 0.372. The van der Waals surface area contributed by atoms with Crippen molar-refractivity contribution in [3.05, 3.63) is 89.4 Å². The van der Waals surface area contributed by atoms with Gasteiger partial charge in [-0.1, -0.05) is 51.3 Å². The maximum absolute atomic E-state index is 13.5. The molecule has 5 rings (SSSR count). The summed E-state index contributed by atoms with van der Waals surface area (Å²) in [7, 11) is 0. The second kappa shape index (κ2) is 12.2. The number of carbonyl (C=O) groups is 1. The molecule has 0 N–H and O–H groups in total. The maximum Gasteiger partial charge on any atom is 0.341 e. The molecule has 3 heterocycles. The topological polar surface area (TPSA) is 56.6 Å². The van der Waals surface area contributed by atoms with Gasteiger partial charge < -0.3 is 18.9 Å². The van der Waals surface area contributed by atoms with E-state index in [1.807, 2.05) is 12.1 Å². The van der Waals surface area contributed by atoms with E-state index in [-0.39, 0.29) is 5.97 Å². The van der Waals surface area contributed by atoms with Crippen LogP contribution in [0.25, 0.3) is 10.9 Å². The van der Waals surface area contributed by atoms with Crippen molar-refractivity contribution in [2.24, 2.45) is 0 Å². The van der Waals surface area contributed by atoms with Crippen molar-refractivity contribution in [2.45, 2.75) is 71.9 Å². The van der Waals surface area contributed by atoms with Crippen molar-refractivity contribution in [1.82, 2.24) is 9.55 Å². The van der Waals surface area contributed by atoms with Crippen molar-refractivity contribution in [3.8, 4) is 5.75 Å². The maximum atomic E-state index is 13.5. The standard InChI is InChI=1S/C34H41N3O3/c1-5-9-10-13-22-39-31-23-25(36(7-3)8-4)18-19-28(31)34(32-27(33(38)40-34)16-14-20-35-32)29-24-37(21-6-2)30-17-12-11-15-26(29)30/h11-12,14-20,23-24H,5-10,13,21-22H2,1-4H3. The van der Waals surface area contributed by atoms with Crippen LogP contribution in [-0.4, -0.2) is 35.2 Å². The zero-order valence-electron chi connectivity index (χ0n) is 24.3. The summed E-state index contributed by atoms with van der Waals surface area (Å²) in [6.45, 7) is 11.9. The monoisotopic (exact) mass is 539 g/mol. The number of aromatic nitrogens is 2. The Bertz CT molecular complexity index is 1470. The van der Waals surface area contributed by atoms with E-state index in [9.17, 15) is 4.79 Å². The van der Waals surface area contributed by atoms with Crippen LogP contribution in [0.4, 0.5) is 5.69 Å². The molecular weight excluding hydrogens is 498 g/mol. The fourth-order valence-electron chi connectivity index (χ4n) is 5.97. The average Bonchev–Trinajstić information content (AvgIpc) is 3.50. The summed E-state index contributed by atoms with van der Waals surface area (Å²) in [6.07, 6.45) is 9.34. The van der Waals surface area contributed by atoms with Crippen molar-refractivity contribution in [3.63, 3.8) is 0 Å². The number of hydrogen-bond donors (Lipinski definition) is 0. The molecule has 0 aliphatic carbocycles. The molecule has 1 unspecified atom stereocenters. The van der Waals surface area contributed by atoms with Crippen LogP contribution in [-0.2, 0) is 16.9 Å². The molecule has 4 aromatic rings. The van der Waals surface area contributed by atoms with E-state index in [0.717, 1.165) is 72.4 Å². The number of nitrogens with zero attached hydrogens (tertiary/aromatic N) is 3. The van der Waals surface area contributed by atoms with Gasteiger partial charge in [0, 0.05) is 65.8 Å². The fraction of sp³-hybridized carbons (Fsp3) is 0.412. The molecule has 2 aromatic heterocycles. The number of ether oxygens (including phenoxy) is 2. The van der Waals surface area contributed by atoms with Crippen LogP contribution >= 0.6 is 0 Å². The van der Waals surface area contributed by atoms with E-state index in [4.69, 9.17) is 14.5 Å². The van der Waals surface area contributed by atoms with Crippen LogP contribution in [0.1, 0.15) is 87.0 Å². The van der Waals surface area contributed by atoms with E-state index in [1.165, 1.54) is 12.8 Å². The first-order valence-electron chi connectivity index (χ1n) is 14.9. The molecule has 0 amide bonds. The number of aryl methyl sites for hydroxylation is 1. The second-order valence-electron chi connectivity index (χ2n) is 10.5. The normalized spacial score (nSPS) is 16.2. The highest BCUT2D eigenvalue weighted by Crippen LogP contribution is 2.51. The van der Waals surface area contributed by atoms with Gasteiger partial charge in [-0.15, -0.1) is 0 Å². The first-order valence-corrected chi connectivity index (χ1v) is 14.9. The second-order valence-corrected chi connectivity index (χ2v) is 10.5. The highest BCUT2D eigenvalue weighted by Gasteiger charge is 2.53. The Morgan fingerprint density at radius 2 is 1.75 bits per heavy atom. The fourth-order valence-corrected chi connectivity index (χ4v) is 5.97. The van der Waals surface area contributed by atoms with E-state index >= 15 is 0 Å². The van der Waals surface area contributed by atoms with Crippen LogP contribution in [0.15, 0.2) is 67.0 Å². The molecule has 0 saturated heterocycles. The largest absolute Gasteiger partial charge is 0.493 e. The molecule has 2 aromatic carbocycles. The van der Waals surface area contributed by atoms with Crippen LogP contribution in [0.5, 0.6) is 5.75 Å². The molecule has 6 nitrogen and oxygen atoms in total. The Labute approximate surface area is 237 Å². The quantitative estimate of drug-likeness (QED) is 0.129. The minimum absolute atomic E-state index is 0.364. The number of fused-ring (bicyclic) bond motifs is 2. The van der Waals surface area contributed by atoms with Gasteiger partial charge in [0.1, 0.15) is 11.4 Å². The predicted octanol–water partition coefficient (Wildman–Crippen LogP) is 7.71. The molecule has 0 radical (unpaired) electrons. The van der Waals surface area contributed by atoms with Gasteiger partial charge >= 0.3 is 5.97 Å². The molecule has 0 bridgehead atoms. The molecule has 1 aliphatic heterocycles. The number of pyridine rings is 1. The third kappa shape index (κ3) is 4.85. The van der Waals surface area contributed by atoms with Crippen LogP contribution in [0.2, 0.25) is 0 Å². The van der Waals surface area contributed by atoms with Crippen molar-refractivity contribution in [1.29, 1.82) is 0 Å². The summed E-state index contributed by atoms with van der Waals surface area (Å²) < 4.78 is 15.4. The zero-order valence-corrected chi connectivity index (χ0v) is 24.3. The third-order valence-electron chi connectivity index (χ3n) is 7.97. The van der Waals surface area contributed by atoms with Crippen LogP contribution < -0.4 is 9.64 Å². The molecule has 210 valence electrons. The minimum Gasteiger partial charge on any atom is -0.493 e. The number of cyclic esters (lactones) is 1. The van der Waals surface area contributed by atoms with Gasteiger partial charge in [-0.25, -0.2) is 4.79 Å². The summed E-state index contributed by atoms with van der Waals surface area (Å²) in [6, 6.07) is 18.3. The van der Waals surface area contributed by atoms with Gasteiger partial charge in [-0.05, 0) is 57.0 Å². The predicted molar refractivity (Wildman–Crippen MR) is 161 cm³/mol. The van der Waals surface area contributed by atoms with E-state index < -0.39 is 5.60 Å². The van der Waals surface area contributed by atoms with E-state index in [2.05, 4.69) is 79.8 Å². The highest BCUT2D eigenvalue weighted by molar-refractivity contribution is 5.98. The van der Waals surface area contributed by atoms with Crippen molar-refractivity contribution < 1.29 is 14.3 Å². The number of unbranched alkanes of at least 4 members (excludes halogenated alkanes) is 3. The first-order chi connectivity index (χ1) is 19.6. The molecular formula is C34H41N3O3. The van der Waals surface area contributed by atoms with Gasteiger partial charge in [0.05, 0.1) is 12.2 Å². The molecule has 0 saturated carbocycles. The first kappa shape index (κ1) is 27.8. The van der Waals surface area contributed by atoms with Crippen molar-refractivity contribution >= 4 is 22.6 Å². The Hall–Kier alpha value is -3.80. The number of para-hydroxylation sites is 1. The lowest BCUT2D eigenvalue weighted by molar-refractivity contribution is 0.0239. The molecule has 1 atom stereocenters.